The van der Waals surface area contributed by atoms with Gasteiger partial charge in [0.15, 0.2) is 5.82 Å². The molecule has 1 heterocycles. The Bertz CT molecular complexity index is 566. The van der Waals surface area contributed by atoms with Crippen LogP contribution in [0.3, 0.4) is 0 Å². The minimum Gasteiger partial charge on any atom is -0.479 e. The molecule has 0 spiro atoms. The summed E-state index contributed by atoms with van der Waals surface area (Å²) in [5.74, 6) is -0.310. The number of hydrogen-bond acceptors (Lipinski definition) is 4. The predicted octanol–water partition coefficient (Wildman–Crippen LogP) is 1.74. The standard InChI is InChI=1S/C13H15N3O3/c1-3-19-11(13(17)18)12-14-9(2)16(15-12)10-7-5-4-6-8-10/h4-8,11H,3H2,1-2H3,(H,17,18). The summed E-state index contributed by atoms with van der Waals surface area (Å²) >= 11 is 0. The van der Waals surface area contributed by atoms with Crippen molar-refractivity contribution in [1.29, 1.82) is 0 Å². The van der Waals surface area contributed by atoms with E-state index in [0.29, 0.717) is 5.82 Å². The molecule has 100 valence electrons. The smallest absolute Gasteiger partial charge is 0.340 e. The number of rotatable bonds is 5. The average molecular weight is 261 g/mol. The Labute approximate surface area is 110 Å². The Morgan fingerprint density at radius 1 is 1.42 bits per heavy atom. The van der Waals surface area contributed by atoms with Crippen LogP contribution in [0, 0.1) is 6.92 Å². The number of hydrogen-bond donors (Lipinski definition) is 1. The minimum atomic E-state index is -1.13. The number of nitrogens with zero attached hydrogens (tertiary/aromatic N) is 3. The van der Waals surface area contributed by atoms with Crippen molar-refractivity contribution >= 4 is 5.97 Å². The highest BCUT2D eigenvalue weighted by atomic mass is 16.5. The first-order chi connectivity index (χ1) is 9.13. The molecule has 2 rings (SSSR count). The van der Waals surface area contributed by atoms with Crippen molar-refractivity contribution < 1.29 is 14.6 Å². The van der Waals surface area contributed by atoms with Crippen molar-refractivity contribution in [3.63, 3.8) is 0 Å². The van der Waals surface area contributed by atoms with Gasteiger partial charge in [-0.05, 0) is 26.0 Å². The minimum absolute atomic E-state index is 0.163. The lowest BCUT2D eigenvalue weighted by Gasteiger charge is -2.07. The molecule has 0 fully saturated rings. The molecule has 1 aromatic carbocycles. The molecule has 0 saturated heterocycles. The number of carboxylic acid groups (broad SMARTS) is 1. The summed E-state index contributed by atoms with van der Waals surface area (Å²) in [6.45, 7) is 3.79. The third-order valence-corrected chi connectivity index (χ3v) is 2.58. The van der Waals surface area contributed by atoms with E-state index in [0.717, 1.165) is 5.69 Å². The summed E-state index contributed by atoms with van der Waals surface area (Å²) < 4.78 is 6.76. The van der Waals surface area contributed by atoms with Gasteiger partial charge in [0.05, 0.1) is 5.69 Å². The van der Waals surface area contributed by atoms with E-state index >= 15 is 0 Å². The van der Waals surface area contributed by atoms with E-state index in [2.05, 4.69) is 10.1 Å². The van der Waals surface area contributed by atoms with Gasteiger partial charge in [0, 0.05) is 6.61 Å². The number of carbonyl (C=O) groups is 1. The van der Waals surface area contributed by atoms with Gasteiger partial charge >= 0.3 is 5.97 Å². The fourth-order valence-electron chi connectivity index (χ4n) is 1.76. The van der Waals surface area contributed by atoms with Crippen LogP contribution in [0.1, 0.15) is 24.7 Å². The molecule has 0 bridgehead atoms. The van der Waals surface area contributed by atoms with Crippen LogP contribution < -0.4 is 0 Å². The van der Waals surface area contributed by atoms with Gasteiger partial charge in [0.25, 0.3) is 0 Å². The number of aromatic nitrogens is 3. The second-order valence-electron chi connectivity index (χ2n) is 3.94. The van der Waals surface area contributed by atoms with Crippen molar-refractivity contribution in [3.8, 4) is 5.69 Å². The van der Waals surface area contributed by atoms with E-state index in [9.17, 15) is 4.79 Å². The van der Waals surface area contributed by atoms with Crippen LogP contribution in [0.5, 0.6) is 0 Å². The third-order valence-electron chi connectivity index (χ3n) is 2.58. The Morgan fingerprint density at radius 2 is 2.11 bits per heavy atom. The highest BCUT2D eigenvalue weighted by Gasteiger charge is 2.25. The molecule has 1 aromatic heterocycles. The highest BCUT2D eigenvalue weighted by Crippen LogP contribution is 2.16. The summed E-state index contributed by atoms with van der Waals surface area (Å²) in [6, 6.07) is 9.42. The van der Waals surface area contributed by atoms with Crippen molar-refractivity contribution in [2.24, 2.45) is 0 Å². The van der Waals surface area contributed by atoms with Gasteiger partial charge in [-0.1, -0.05) is 18.2 Å². The fraction of sp³-hybridized carbons (Fsp3) is 0.308. The van der Waals surface area contributed by atoms with Crippen LogP contribution in [-0.4, -0.2) is 32.4 Å². The van der Waals surface area contributed by atoms with Crippen LogP contribution in [0.2, 0.25) is 0 Å². The van der Waals surface area contributed by atoms with E-state index in [1.54, 1.807) is 18.5 Å². The molecule has 0 aliphatic rings. The average Bonchev–Trinajstić information content (AvgIpc) is 2.78. The maximum absolute atomic E-state index is 11.1. The lowest BCUT2D eigenvalue weighted by molar-refractivity contribution is -0.151. The third kappa shape index (κ3) is 2.79. The number of benzene rings is 1. The lowest BCUT2D eigenvalue weighted by Crippen LogP contribution is -2.17. The molecule has 6 heteroatoms. The molecule has 2 aromatic rings. The second-order valence-corrected chi connectivity index (χ2v) is 3.94. The summed E-state index contributed by atoms with van der Waals surface area (Å²) in [5.41, 5.74) is 0.833. The van der Waals surface area contributed by atoms with Gasteiger partial charge in [0.1, 0.15) is 5.82 Å². The second kappa shape index (κ2) is 5.62. The Morgan fingerprint density at radius 3 is 2.68 bits per heavy atom. The molecule has 0 saturated carbocycles. The predicted molar refractivity (Wildman–Crippen MR) is 68.1 cm³/mol. The summed E-state index contributed by atoms with van der Waals surface area (Å²) in [5, 5.41) is 13.3. The van der Waals surface area contributed by atoms with Gasteiger partial charge < -0.3 is 9.84 Å². The molecule has 0 amide bonds. The summed E-state index contributed by atoms with van der Waals surface area (Å²) in [4.78, 5) is 15.3. The molecule has 1 N–H and O–H groups in total. The molecule has 0 radical (unpaired) electrons. The molecule has 0 aliphatic heterocycles. The van der Waals surface area contributed by atoms with Crippen LogP contribution in [0.25, 0.3) is 5.69 Å². The summed E-state index contributed by atoms with van der Waals surface area (Å²) in [6.07, 6.45) is -1.13. The van der Waals surface area contributed by atoms with Gasteiger partial charge in [-0.25, -0.2) is 14.5 Å². The monoisotopic (exact) mass is 261 g/mol. The maximum atomic E-state index is 11.1. The highest BCUT2D eigenvalue weighted by molar-refractivity contribution is 5.73. The van der Waals surface area contributed by atoms with Crippen LogP contribution in [0.15, 0.2) is 30.3 Å². The van der Waals surface area contributed by atoms with Crippen molar-refractivity contribution in [1.82, 2.24) is 14.8 Å². The first-order valence-electron chi connectivity index (χ1n) is 5.97. The van der Waals surface area contributed by atoms with Gasteiger partial charge in [-0.2, -0.15) is 0 Å². The van der Waals surface area contributed by atoms with Crippen molar-refractivity contribution in [2.75, 3.05) is 6.61 Å². The Hall–Kier alpha value is -2.21. The SMILES string of the molecule is CCOC(C(=O)O)c1nc(C)n(-c2ccccc2)n1. The molecule has 1 atom stereocenters. The normalized spacial score (nSPS) is 12.3. The first-order valence-corrected chi connectivity index (χ1v) is 5.97. The van der Waals surface area contributed by atoms with Gasteiger partial charge in [-0.3, -0.25) is 0 Å². The van der Waals surface area contributed by atoms with E-state index in [1.165, 1.54) is 0 Å². The van der Waals surface area contributed by atoms with Crippen LogP contribution >= 0.6 is 0 Å². The Kier molecular flexibility index (Phi) is 3.91. The van der Waals surface area contributed by atoms with Crippen LogP contribution in [-0.2, 0) is 9.53 Å². The molecule has 1 unspecified atom stereocenters. The molecular formula is C13H15N3O3. The number of para-hydroxylation sites is 1. The van der Waals surface area contributed by atoms with Gasteiger partial charge in [0.2, 0.25) is 6.10 Å². The first kappa shape index (κ1) is 13.2. The van der Waals surface area contributed by atoms with Crippen molar-refractivity contribution in [2.45, 2.75) is 20.0 Å². The van der Waals surface area contributed by atoms with E-state index in [-0.39, 0.29) is 12.4 Å². The lowest BCUT2D eigenvalue weighted by atomic mass is 10.3. The Balaban J connectivity index is 2.38. The van der Waals surface area contributed by atoms with E-state index < -0.39 is 12.1 Å². The largest absolute Gasteiger partial charge is 0.479 e. The molecule has 0 aliphatic carbocycles. The molecular weight excluding hydrogens is 246 g/mol. The fourth-order valence-corrected chi connectivity index (χ4v) is 1.76. The molecule has 19 heavy (non-hydrogen) atoms. The van der Waals surface area contributed by atoms with Gasteiger partial charge in [-0.15, -0.1) is 5.10 Å². The number of aliphatic carboxylic acids is 1. The number of aryl methyl sites for hydroxylation is 1. The van der Waals surface area contributed by atoms with E-state index in [1.807, 2.05) is 30.3 Å². The summed E-state index contributed by atoms with van der Waals surface area (Å²) in [7, 11) is 0. The quantitative estimate of drug-likeness (QED) is 0.887. The molecule has 6 nitrogen and oxygen atoms in total. The number of carboxylic acids is 1. The van der Waals surface area contributed by atoms with Crippen LogP contribution in [0.4, 0.5) is 0 Å². The van der Waals surface area contributed by atoms with E-state index in [4.69, 9.17) is 9.84 Å². The zero-order valence-electron chi connectivity index (χ0n) is 10.8. The zero-order chi connectivity index (χ0) is 13.8. The topological polar surface area (TPSA) is 77.2 Å². The maximum Gasteiger partial charge on any atom is 0.340 e. The zero-order valence-corrected chi connectivity index (χ0v) is 10.8. The van der Waals surface area contributed by atoms with Crippen molar-refractivity contribution in [3.05, 3.63) is 42.0 Å². The number of ether oxygens (including phenoxy) is 1.